The van der Waals surface area contributed by atoms with Gasteiger partial charge in [0.15, 0.2) is 0 Å². The third-order valence-electron chi connectivity index (χ3n) is 3.89. The molecule has 166 valence electrons. The first-order chi connectivity index (χ1) is 14.6. The summed E-state index contributed by atoms with van der Waals surface area (Å²) in [5.41, 5.74) is 0.140. The highest BCUT2D eigenvalue weighted by molar-refractivity contribution is 7.90. The average molecular weight is 476 g/mol. The molecule has 0 fully saturated rings. The molecule has 3 aromatic rings. The number of hydrogen-bond donors (Lipinski definition) is 2. The molecule has 0 amide bonds. The Kier molecular flexibility index (Phi) is 6.82. The quantitative estimate of drug-likeness (QED) is 0.477. The molecular weight excluding hydrogens is 459 g/mol. The maximum atomic E-state index is 13.8. The molecule has 3 rings (SSSR count). The van der Waals surface area contributed by atoms with Crippen LogP contribution in [-0.2, 0) is 10.2 Å². The first-order valence-electron chi connectivity index (χ1n) is 8.98. The lowest BCUT2D eigenvalue weighted by atomic mass is 10.1. The van der Waals surface area contributed by atoms with Gasteiger partial charge in [0.1, 0.15) is 5.15 Å². The second-order valence-corrected chi connectivity index (χ2v) is 8.21. The van der Waals surface area contributed by atoms with Crippen LogP contribution in [0, 0.1) is 0 Å². The number of fused-ring (bicyclic) bond motifs is 1. The molecule has 13 heteroatoms. The average Bonchev–Trinajstić information content (AvgIpc) is 2.70. The van der Waals surface area contributed by atoms with Crippen molar-refractivity contribution in [3.8, 4) is 5.88 Å². The van der Waals surface area contributed by atoms with Crippen LogP contribution in [0.25, 0.3) is 11.0 Å². The first-order valence-corrected chi connectivity index (χ1v) is 10.8. The van der Waals surface area contributed by atoms with Crippen LogP contribution in [0.3, 0.4) is 0 Å². The number of halogens is 4. The van der Waals surface area contributed by atoms with E-state index in [9.17, 15) is 21.6 Å². The topological polar surface area (TPSA) is 106 Å². The second kappa shape index (κ2) is 9.20. The van der Waals surface area contributed by atoms with Gasteiger partial charge >= 0.3 is 6.18 Å². The van der Waals surface area contributed by atoms with E-state index in [1.165, 1.54) is 18.2 Å². The number of anilines is 1. The van der Waals surface area contributed by atoms with Crippen LogP contribution < -0.4 is 14.2 Å². The number of nitrogens with zero attached hydrogens (tertiary/aromatic N) is 3. The molecule has 2 aromatic heterocycles. The number of ether oxygens (including phenoxy) is 1. The van der Waals surface area contributed by atoms with E-state index in [0.717, 1.165) is 12.3 Å². The highest BCUT2D eigenvalue weighted by atomic mass is 35.5. The van der Waals surface area contributed by atoms with E-state index in [0.29, 0.717) is 6.42 Å². The summed E-state index contributed by atoms with van der Waals surface area (Å²) in [7, 11) is -4.12. The standard InChI is InChI=1S/C18H17ClF3N5O3S/c1-2-9-24-31(28,29)27-16-17(26-13-6-4-3-5-12(13)25-16)30-15(18(20,21)22)11-7-8-14(19)23-10-11/h3-8,10,15,24H,2,9H2,1H3,(H,25,27)/t15-/m1/s1. The van der Waals surface area contributed by atoms with Crippen LogP contribution in [0.5, 0.6) is 5.88 Å². The van der Waals surface area contributed by atoms with E-state index in [-0.39, 0.29) is 28.3 Å². The van der Waals surface area contributed by atoms with E-state index in [1.54, 1.807) is 19.1 Å². The molecule has 0 spiro atoms. The van der Waals surface area contributed by atoms with Crippen molar-refractivity contribution in [1.82, 2.24) is 19.7 Å². The smallest absolute Gasteiger partial charge is 0.429 e. The van der Waals surface area contributed by atoms with Gasteiger partial charge in [-0.1, -0.05) is 36.7 Å². The van der Waals surface area contributed by atoms with Gasteiger partial charge in [0.05, 0.1) is 11.0 Å². The third-order valence-corrected chi connectivity index (χ3v) is 5.16. The summed E-state index contributed by atoms with van der Waals surface area (Å²) in [4.78, 5) is 11.8. The first kappa shape index (κ1) is 23.0. The van der Waals surface area contributed by atoms with Crippen molar-refractivity contribution < 1.29 is 26.3 Å². The summed E-state index contributed by atoms with van der Waals surface area (Å²) in [6.45, 7) is 1.87. The fraction of sp³-hybridized carbons (Fsp3) is 0.278. The summed E-state index contributed by atoms with van der Waals surface area (Å²) in [6, 6.07) is 8.57. The van der Waals surface area contributed by atoms with Gasteiger partial charge in [-0.25, -0.2) is 15.0 Å². The molecule has 0 aliphatic carbocycles. The van der Waals surface area contributed by atoms with Crippen LogP contribution in [-0.4, -0.2) is 36.1 Å². The molecule has 1 atom stereocenters. The Hall–Kier alpha value is -2.70. The molecule has 1 aromatic carbocycles. The summed E-state index contributed by atoms with van der Waals surface area (Å²) in [5, 5.41) is 0.00520. The molecule has 0 radical (unpaired) electrons. The van der Waals surface area contributed by atoms with Crippen molar-refractivity contribution in [2.24, 2.45) is 0 Å². The molecule has 31 heavy (non-hydrogen) atoms. The van der Waals surface area contributed by atoms with Gasteiger partial charge in [-0.3, -0.25) is 4.72 Å². The second-order valence-electron chi connectivity index (χ2n) is 6.32. The molecule has 2 N–H and O–H groups in total. The van der Waals surface area contributed by atoms with Gasteiger partial charge in [-0.15, -0.1) is 0 Å². The molecular formula is C18H17ClF3N5O3S. The Morgan fingerprint density at radius 3 is 2.39 bits per heavy atom. The molecule has 2 heterocycles. The summed E-state index contributed by atoms with van der Waals surface area (Å²) < 4.78 is 75.3. The Bertz CT molecular complexity index is 1160. The number of nitrogens with one attached hydrogen (secondary N) is 2. The number of hydrogen-bond acceptors (Lipinski definition) is 6. The molecule has 0 unspecified atom stereocenters. The molecule has 0 bridgehead atoms. The highest BCUT2D eigenvalue weighted by Gasteiger charge is 2.44. The molecule has 0 saturated carbocycles. The van der Waals surface area contributed by atoms with Gasteiger partial charge in [-0.2, -0.15) is 26.3 Å². The van der Waals surface area contributed by atoms with Crippen LogP contribution in [0.15, 0.2) is 42.6 Å². The van der Waals surface area contributed by atoms with E-state index in [4.69, 9.17) is 16.3 Å². The number of pyridine rings is 1. The lowest BCUT2D eigenvalue weighted by Gasteiger charge is -2.22. The largest absolute Gasteiger partial charge is 0.457 e. The summed E-state index contributed by atoms with van der Waals surface area (Å²) in [5.74, 6) is -1.13. The predicted molar refractivity (Wildman–Crippen MR) is 109 cm³/mol. The van der Waals surface area contributed by atoms with Crippen molar-refractivity contribution in [2.75, 3.05) is 11.3 Å². The van der Waals surface area contributed by atoms with E-state index < -0.39 is 34.2 Å². The Labute approximate surface area is 181 Å². The summed E-state index contributed by atoms with van der Waals surface area (Å²) >= 11 is 5.66. The molecule has 0 aliphatic rings. The molecule has 8 nitrogen and oxygen atoms in total. The normalized spacial score (nSPS) is 13.2. The maximum Gasteiger partial charge on any atom is 0.429 e. The number of rotatable bonds is 8. The fourth-order valence-corrected chi connectivity index (χ4v) is 3.55. The van der Waals surface area contributed by atoms with Gasteiger partial charge in [-0.05, 0) is 24.6 Å². The monoisotopic (exact) mass is 475 g/mol. The Morgan fingerprint density at radius 1 is 1.13 bits per heavy atom. The summed E-state index contributed by atoms with van der Waals surface area (Å²) in [6.07, 6.45) is -5.92. The minimum absolute atomic E-state index is 0.00520. The number of alkyl halides is 3. The minimum Gasteiger partial charge on any atom is -0.457 e. The predicted octanol–water partition coefficient (Wildman–Crippen LogP) is 4.02. The van der Waals surface area contributed by atoms with Gasteiger partial charge in [0.25, 0.3) is 16.1 Å². The van der Waals surface area contributed by atoms with Gasteiger partial charge in [0.2, 0.25) is 11.9 Å². The zero-order chi connectivity index (χ0) is 22.6. The van der Waals surface area contributed by atoms with Crippen molar-refractivity contribution in [2.45, 2.75) is 25.6 Å². The number of benzene rings is 1. The Balaban J connectivity index is 2.06. The lowest BCUT2D eigenvalue weighted by molar-refractivity contribution is -0.198. The molecule has 0 aliphatic heterocycles. The minimum atomic E-state index is -4.86. The van der Waals surface area contributed by atoms with E-state index in [2.05, 4.69) is 24.4 Å². The lowest BCUT2D eigenvalue weighted by Crippen LogP contribution is -2.32. The van der Waals surface area contributed by atoms with Crippen LogP contribution >= 0.6 is 11.6 Å². The van der Waals surface area contributed by atoms with Crippen molar-refractivity contribution in [3.05, 3.63) is 53.3 Å². The maximum absolute atomic E-state index is 13.8. The number of aromatic nitrogens is 3. The van der Waals surface area contributed by atoms with Crippen molar-refractivity contribution >= 4 is 38.7 Å². The van der Waals surface area contributed by atoms with Crippen LogP contribution in [0.2, 0.25) is 5.15 Å². The van der Waals surface area contributed by atoms with Crippen LogP contribution in [0.4, 0.5) is 19.0 Å². The van der Waals surface area contributed by atoms with Gasteiger partial charge < -0.3 is 4.74 Å². The van der Waals surface area contributed by atoms with Gasteiger partial charge in [0, 0.05) is 18.3 Å². The zero-order valence-corrected chi connectivity index (χ0v) is 17.6. The van der Waals surface area contributed by atoms with Crippen LogP contribution in [0.1, 0.15) is 25.0 Å². The third kappa shape index (κ3) is 5.93. The van der Waals surface area contributed by atoms with Crippen molar-refractivity contribution in [3.63, 3.8) is 0 Å². The Morgan fingerprint density at radius 2 is 1.81 bits per heavy atom. The SMILES string of the molecule is CCCNS(=O)(=O)Nc1nc2ccccc2nc1O[C@H](c1ccc(Cl)nc1)C(F)(F)F. The fourth-order valence-electron chi connectivity index (χ4n) is 2.51. The number of para-hydroxylation sites is 2. The van der Waals surface area contributed by atoms with E-state index in [1.807, 2.05) is 0 Å². The van der Waals surface area contributed by atoms with Crippen molar-refractivity contribution in [1.29, 1.82) is 0 Å². The van der Waals surface area contributed by atoms with E-state index >= 15 is 0 Å². The molecule has 0 saturated heterocycles. The zero-order valence-electron chi connectivity index (χ0n) is 16.0. The highest BCUT2D eigenvalue weighted by Crippen LogP contribution is 2.38.